The number of hydrogen-bond donors (Lipinski definition) is 0. The summed E-state index contributed by atoms with van der Waals surface area (Å²) >= 11 is 0. The van der Waals surface area contributed by atoms with E-state index in [2.05, 4.69) is 20.8 Å². The Morgan fingerprint density at radius 3 is 1.50 bits per heavy atom. The molecule has 1 unspecified atom stereocenters. The van der Waals surface area contributed by atoms with Gasteiger partial charge in [-0.1, -0.05) is 117 Å². The Balaban J connectivity index is 2.73. The number of rotatable bonds is 28. The smallest absolute Gasteiger partial charge is 0.320 e. The van der Waals surface area contributed by atoms with Gasteiger partial charge in [0.1, 0.15) is 24.9 Å². The van der Waals surface area contributed by atoms with Gasteiger partial charge in [0.2, 0.25) is 0 Å². The molecule has 0 N–H and O–H groups in total. The van der Waals surface area contributed by atoms with Crippen molar-refractivity contribution in [2.24, 2.45) is 0 Å². The second kappa shape index (κ2) is 25.9. The Kier molecular flexibility index (Phi) is 24.2. The molecule has 0 aromatic carbocycles. The second-order valence-electron chi connectivity index (χ2n) is 11.8. The third-order valence-electron chi connectivity index (χ3n) is 7.52. The molecule has 1 aliphatic heterocycles. The van der Waals surface area contributed by atoms with E-state index < -0.39 is 12.4 Å². The molecule has 7 nitrogen and oxygen atoms in total. The molecule has 0 aliphatic carbocycles. The van der Waals surface area contributed by atoms with Crippen LogP contribution in [-0.4, -0.2) is 82.5 Å². The number of carbonyl (C=O) groups excluding carboxylic acids is 1. The fraction of sp³-hybridized carbons (Fsp3) is 0.970. The average molecular weight is 572 g/mol. The first-order valence-electron chi connectivity index (χ1n) is 16.8. The van der Waals surface area contributed by atoms with Crippen LogP contribution < -0.4 is 0 Å². The lowest BCUT2D eigenvalue weighted by Gasteiger charge is -2.25. The summed E-state index contributed by atoms with van der Waals surface area (Å²) in [5.41, 5.74) is 0. The molecule has 0 amide bonds. The number of hydrogen-bond acceptors (Lipinski definition) is 7. The van der Waals surface area contributed by atoms with E-state index in [1.54, 1.807) is 0 Å². The highest BCUT2D eigenvalue weighted by Gasteiger charge is 2.47. The van der Waals surface area contributed by atoms with Crippen LogP contribution in [-0.2, 0) is 28.5 Å². The molecule has 7 heteroatoms. The molecule has 1 rings (SSSR count). The molecule has 0 aromatic heterocycles. The van der Waals surface area contributed by atoms with Crippen LogP contribution in [0.4, 0.5) is 0 Å². The Labute approximate surface area is 247 Å². The lowest BCUT2D eigenvalue weighted by Crippen LogP contribution is -2.40. The third kappa shape index (κ3) is 18.7. The first kappa shape index (κ1) is 37.3. The van der Waals surface area contributed by atoms with Crippen LogP contribution in [0, 0.1) is 0 Å². The van der Waals surface area contributed by atoms with E-state index in [4.69, 9.17) is 23.7 Å². The number of ether oxygens (including phenoxy) is 5. The van der Waals surface area contributed by atoms with E-state index in [1.165, 1.54) is 89.9 Å². The standard InChI is InChI=1S/C33H65NO6/c1-6-9-12-15-18-21-24-36-31-29(28-39-30(35)27-34(4)5)40-33(38-26-23-20-17-14-11-8-3)32(31)37-25-22-19-16-13-10-7-2/h29,31-33H,6-28H2,1-5H3/t29-,31?,32+,33-/m1/s1. The molecule has 238 valence electrons. The molecule has 0 radical (unpaired) electrons. The summed E-state index contributed by atoms with van der Waals surface area (Å²) in [6.07, 6.45) is 20.3. The normalized spacial score (nSPS) is 20.9. The van der Waals surface area contributed by atoms with E-state index in [0.717, 1.165) is 25.7 Å². The van der Waals surface area contributed by atoms with Crippen molar-refractivity contribution in [2.45, 2.75) is 161 Å². The maximum atomic E-state index is 12.3. The number of nitrogens with zero attached hydrogens (tertiary/aromatic N) is 1. The van der Waals surface area contributed by atoms with Gasteiger partial charge < -0.3 is 23.7 Å². The van der Waals surface area contributed by atoms with Crippen molar-refractivity contribution in [3.8, 4) is 0 Å². The maximum absolute atomic E-state index is 12.3. The highest BCUT2D eigenvalue weighted by atomic mass is 16.7. The summed E-state index contributed by atoms with van der Waals surface area (Å²) in [5, 5.41) is 0. The van der Waals surface area contributed by atoms with Gasteiger partial charge in [0.15, 0.2) is 6.29 Å². The summed E-state index contributed by atoms with van der Waals surface area (Å²) in [7, 11) is 3.72. The van der Waals surface area contributed by atoms with Gasteiger partial charge in [-0.25, -0.2) is 0 Å². The SMILES string of the molecule is CCCCCCCCOC1[C@@H](COC(=O)CN(C)C)O[C@@H](OCCCCCCCC)[C@H]1OCCCCCCCC. The molecule has 0 spiro atoms. The van der Waals surface area contributed by atoms with Crippen LogP contribution in [0.5, 0.6) is 0 Å². The van der Waals surface area contributed by atoms with E-state index in [-0.39, 0.29) is 31.3 Å². The molecule has 4 atom stereocenters. The highest BCUT2D eigenvalue weighted by molar-refractivity contribution is 5.71. The number of carbonyl (C=O) groups is 1. The van der Waals surface area contributed by atoms with Gasteiger partial charge in [-0.2, -0.15) is 0 Å². The monoisotopic (exact) mass is 571 g/mol. The topological polar surface area (TPSA) is 66.5 Å². The Hall–Kier alpha value is -0.730. The van der Waals surface area contributed by atoms with Gasteiger partial charge in [-0.05, 0) is 33.4 Å². The van der Waals surface area contributed by atoms with Crippen molar-refractivity contribution in [3.63, 3.8) is 0 Å². The second-order valence-corrected chi connectivity index (χ2v) is 11.8. The Bertz CT molecular complexity index is 575. The molecule has 0 saturated carbocycles. The van der Waals surface area contributed by atoms with E-state index in [0.29, 0.717) is 19.8 Å². The minimum absolute atomic E-state index is 0.154. The third-order valence-corrected chi connectivity index (χ3v) is 7.52. The molecule has 1 heterocycles. The summed E-state index contributed by atoms with van der Waals surface area (Å²) in [5.74, 6) is -0.260. The van der Waals surface area contributed by atoms with Crippen LogP contribution in [0.25, 0.3) is 0 Å². The van der Waals surface area contributed by atoms with Crippen LogP contribution in [0.3, 0.4) is 0 Å². The van der Waals surface area contributed by atoms with Crippen molar-refractivity contribution >= 4 is 5.97 Å². The molecule has 1 saturated heterocycles. The van der Waals surface area contributed by atoms with Crippen molar-refractivity contribution < 1.29 is 28.5 Å². The quantitative estimate of drug-likeness (QED) is 0.0704. The Morgan fingerprint density at radius 2 is 1.02 bits per heavy atom. The maximum Gasteiger partial charge on any atom is 0.320 e. The molecule has 0 aromatic rings. The zero-order valence-electron chi connectivity index (χ0n) is 27.0. The lowest BCUT2D eigenvalue weighted by molar-refractivity contribution is -0.184. The molecule has 1 fully saturated rings. The summed E-state index contributed by atoms with van der Waals surface area (Å²) in [6.45, 7) is 9.09. The van der Waals surface area contributed by atoms with Crippen molar-refractivity contribution in [1.82, 2.24) is 4.90 Å². The molecule has 0 bridgehead atoms. The number of esters is 1. The van der Waals surface area contributed by atoms with E-state index in [1.807, 2.05) is 19.0 Å². The summed E-state index contributed by atoms with van der Waals surface area (Å²) < 4.78 is 31.1. The van der Waals surface area contributed by atoms with Gasteiger partial charge in [-0.15, -0.1) is 0 Å². The summed E-state index contributed by atoms with van der Waals surface area (Å²) in [6, 6.07) is 0. The average Bonchev–Trinajstić information content (AvgIpc) is 3.26. The highest BCUT2D eigenvalue weighted by Crippen LogP contribution is 2.29. The van der Waals surface area contributed by atoms with E-state index in [9.17, 15) is 4.79 Å². The molecule has 40 heavy (non-hydrogen) atoms. The van der Waals surface area contributed by atoms with Gasteiger partial charge >= 0.3 is 5.97 Å². The van der Waals surface area contributed by atoms with Gasteiger partial charge in [0.25, 0.3) is 0 Å². The number of likely N-dealkylation sites (N-methyl/N-ethyl adjacent to an activating group) is 1. The fourth-order valence-electron chi connectivity index (χ4n) is 5.10. The minimum atomic E-state index is -0.497. The largest absolute Gasteiger partial charge is 0.462 e. The molecular weight excluding hydrogens is 506 g/mol. The zero-order chi connectivity index (χ0) is 29.3. The van der Waals surface area contributed by atoms with Gasteiger partial charge in [0.05, 0.1) is 6.54 Å². The Morgan fingerprint density at radius 1 is 0.600 bits per heavy atom. The van der Waals surface area contributed by atoms with Crippen molar-refractivity contribution in [3.05, 3.63) is 0 Å². The van der Waals surface area contributed by atoms with Crippen LogP contribution >= 0.6 is 0 Å². The zero-order valence-corrected chi connectivity index (χ0v) is 27.0. The molecule has 1 aliphatic rings. The first-order chi connectivity index (χ1) is 19.5. The number of unbranched alkanes of at least 4 members (excludes halogenated alkanes) is 15. The van der Waals surface area contributed by atoms with Crippen molar-refractivity contribution in [2.75, 3.05) is 47.1 Å². The van der Waals surface area contributed by atoms with Crippen LogP contribution in [0.2, 0.25) is 0 Å². The predicted molar refractivity (Wildman–Crippen MR) is 164 cm³/mol. The van der Waals surface area contributed by atoms with Crippen LogP contribution in [0.15, 0.2) is 0 Å². The van der Waals surface area contributed by atoms with Gasteiger partial charge in [0, 0.05) is 19.8 Å². The molecular formula is C33H65NO6. The predicted octanol–water partition coefficient (Wildman–Crippen LogP) is 7.68. The summed E-state index contributed by atoms with van der Waals surface area (Å²) in [4.78, 5) is 14.1. The minimum Gasteiger partial charge on any atom is -0.462 e. The lowest BCUT2D eigenvalue weighted by atomic mass is 10.1. The van der Waals surface area contributed by atoms with Crippen molar-refractivity contribution in [1.29, 1.82) is 0 Å². The first-order valence-corrected chi connectivity index (χ1v) is 16.8. The van der Waals surface area contributed by atoms with E-state index >= 15 is 0 Å². The fourth-order valence-corrected chi connectivity index (χ4v) is 5.10. The van der Waals surface area contributed by atoms with Crippen LogP contribution in [0.1, 0.15) is 136 Å². The van der Waals surface area contributed by atoms with Gasteiger partial charge in [-0.3, -0.25) is 9.69 Å².